The van der Waals surface area contributed by atoms with Crippen LogP contribution >= 0.6 is 0 Å². The van der Waals surface area contributed by atoms with Crippen LogP contribution in [-0.2, 0) is 25.7 Å². The highest BCUT2D eigenvalue weighted by molar-refractivity contribution is 6.08. The third kappa shape index (κ3) is 5.80. The zero-order chi connectivity index (χ0) is 20.9. The number of halogens is 2. The summed E-state index contributed by atoms with van der Waals surface area (Å²) in [5.41, 5.74) is 0.922. The van der Waals surface area contributed by atoms with Gasteiger partial charge in [0, 0.05) is 33.0 Å². The molecule has 1 aromatic carbocycles. The maximum absolute atomic E-state index is 13.5. The van der Waals surface area contributed by atoms with E-state index in [2.05, 4.69) is 0 Å². The Morgan fingerprint density at radius 1 is 1.17 bits per heavy atom. The number of likely N-dealkylation sites (tertiary alicyclic amines) is 1. The minimum atomic E-state index is -4.54. The standard InChI is InChI=1S/C19H22F2N2O5.H2O/c1-22(12-13-6-3-2-4-7-13)15(24)9-10-16(25)23-11-5-8-14(23)17(26)19(20,21)18(27)28;/h2-4,6-7,14H,5,8-12H2,1H3,(H,27,28);1H2/t14-;/m0./s1. The maximum atomic E-state index is 13.5. The van der Waals surface area contributed by atoms with Crippen LogP contribution in [0.5, 0.6) is 0 Å². The highest BCUT2D eigenvalue weighted by atomic mass is 19.3. The molecule has 160 valence electrons. The first-order chi connectivity index (χ1) is 13.1. The highest BCUT2D eigenvalue weighted by Crippen LogP contribution is 2.27. The molecule has 1 aliphatic heterocycles. The van der Waals surface area contributed by atoms with Crippen molar-refractivity contribution in [3.05, 3.63) is 35.9 Å². The van der Waals surface area contributed by atoms with E-state index in [0.29, 0.717) is 13.0 Å². The molecule has 3 N–H and O–H groups in total. The fourth-order valence-corrected chi connectivity index (χ4v) is 3.15. The van der Waals surface area contributed by atoms with E-state index in [9.17, 15) is 28.0 Å². The number of nitrogens with zero attached hydrogens (tertiary/aromatic N) is 2. The normalized spacial score (nSPS) is 16.1. The molecular weight excluding hydrogens is 390 g/mol. The van der Waals surface area contributed by atoms with E-state index in [-0.39, 0.29) is 37.2 Å². The van der Waals surface area contributed by atoms with Crippen molar-refractivity contribution in [1.29, 1.82) is 0 Å². The fourth-order valence-electron chi connectivity index (χ4n) is 3.15. The van der Waals surface area contributed by atoms with Crippen LogP contribution in [-0.4, -0.2) is 69.5 Å². The molecule has 1 aromatic rings. The summed E-state index contributed by atoms with van der Waals surface area (Å²) in [6.45, 7) is 0.447. The Morgan fingerprint density at radius 3 is 2.38 bits per heavy atom. The maximum Gasteiger partial charge on any atom is 0.401 e. The van der Waals surface area contributed by atoms with Gasteiger partial charge in [-0.05, 0) is 18.4 Å². The molecular formula is C19H24F2N2O6. The zero-order valence-corrected chi connectivity index (χ0v) is 15.9. The van der Waals surface area contributed by atoms with Crippen LogP contribution < -0.4 is 0 Å². The first kappa shape index (κ1) is 24.2. The van der Waals surface area contributed by atoms with Gasteiger partial charge in [0.05, 0.1) is 6.04 Å². The second-order valence-electron chi connectivity index (χ2n) is 6.72. The number of Topliss-reactive ketones (excluding diaryl/α,β-unsaturated/α-hetero) is 1. The molecule has 10 heteroatoms. The van der Waals surface area contributed by atoms with Gasteiger partial charge in [-0.1, -0.05) is 30.3 Å². The molecule has 0 spiro atoms. The molecule has 0 aromatic heterocycles. The Hall–Kier alpha value is -2.88. The second kappa shape index (κ2) is 10.1. The Kier molecular flexibility index (Phi) is 8.38. The quantitative estimate of drug-likeness (QED) is 0.632. The van der Waals surface area contributed by atoms with Gasteiger partial charge < -0.3 is 20.4 Å². The molecule has 1 fully saturated rings. The van der Waals surface area contributed by atoms with E-state index in [1.807, 2.05) is 30.3 Å². The number of hydrogen-bond donors (Lipinski definition) is 1. The van der Waals surface area contributed by atoms with Crippen molar-refractivity contribution in [3.63, 3.8) is 0 Å². The number of aliphatic carboxylic acids is 1. The monoisotopic (exact) mass is 414 g/mol. The van der Waals surface area contributed by atoms with Crippen LogP contribution in [0.2, 0.25) is 0 Å². The lowest BCUT2D eigenvalue weighted by Crippen LogP contribution is -2.50. The van der Waals surface area contributed by atoms with Gasteiger partial charge >= 0.3 is 11.9 Å². The SMILES string of the molecule is CN(Cc1ccccc1)C(=O)CCC(=O)N1CCC[C@H]1C(=O)C(F)(F)C(=O)O.O. The van der Waals surface area contributed by atoms with Crippen LogP contribution in [0.25, 0.3) is 0 Å². The first-order valence-electron chi connectivity index (χ1n) is 8.87. The summed E-state index contributed by atoms with van der Waals surface area (Å²) in [7, 11) is 1.59. The summed E-state index contributed by atoms with van der Waals surface area (Å²) in [6.07, 6.45) is -0.0652. The number of carbonyl (C=O) groups is 4. The number of carboxylic acid groups (broad SMARTS) is 1. The minimum absolute atomic E-state index is 0. The molecule has 29 heavy (non-hydrogen) atoms. The molecule has 2 amide bonds. The third-order valence-corrected chi connectivity index (χ3v) is 4.69. The first-order valence-corrected chi connectivity index (χ1v) is 8.87. The van der Waals surface area contributed by atoms with Gasteiger partial charge in [0.25, 0.3) is 0 Å². The van der Waals surface area contributed by atoms with E-state index < -0.39 is 29.6 Å². The smallest absolute Gasteiger partial charge is 0.401 e. The van der Waals surface area contributed by atoms with E-state index in [0.717, 1.165) is 10.5 Å². The number of amides is 2. The van der Waals surface area contributed by atoms with E-state index in [4.69, 9.17) is 5.11 Å². The van der Waals surface area contributed by atoms with Gasteiger partial charge in [-0.2, -0.15) is 8.78 Å². The largest absolute Gasteiger partial charge is 0.476 e. The Labute approximate surface area is 166 Å². The highest BCUT2D eigenvalue weighted by Gasteiger charge is 2.53. The molecule has 1 heterocycles. The summed E-state index contributed by atoms with van der Waals surface area (Å²) in [6, 6.07) is 7.78. The average molecular weight is 414 g/mol. The lowest BCUT2D eigenvalue weighted by molar-refractivity contribution is -0.174. The van der Waals surface area contributed by atoms with Crippen molar-refractivity contribution in [1.82, 2.24) is 9.80 Å². The van der Waals surface area contributed by atoms with Gasteiger partial charge in [-0.25, -0.2) is 4.79 Å². The summed E-state index contributed by atoms with van der Waals surface area (Å²) in [4.78, 5) is 49.5. The summed E-state index contributed by atoms with van der Waals surface area (Å²) in [5, 5.41) is 8.53. The van der Waals surface area contributed by atoms with Crippen LogP contribution in [0, 0.1) is 0 Å². The average Bonchev–Trinajstić information content (AvgIpc) is 3.15. The van der Waals surface area contributed by atoms with E-state index in [1.165, 1.54) is 4.90 Å². The molecule has 1 aliphatic rings. The van der Waals surface area contributed by atoms with Gasteiger partial charge in [0.1, 0.15) is 0 Å². The lowest BCUT2D eigenvalue weighted by atomic mass is 10.0. The van der Waals surface area contributed by atoms with Crippen LogP contribution in [0.1, 0.15) is 31.2 Å². The molecule has 0 unspecified atom stereocenters. The van der Waals surface area contributed by atoms with Crippen LogP contribution in [0.4, 0.5) is 8.78 Å². The van der Waals surface area contributed by atoms with Crippen molar-refractivity contribution < 1.29 is 38.5 Å². The van der Waals surface area contributed by atoms with Crippen LogP contribution in [0.15, 0.2) is 30.3 Å². The molecule has 8 nitrogen and oxygen atoms in total. The topological polar surface area (TPSA) is 126 Å². The minimum Gasteiger partial charge on any atom is -0.476 e. The number of rotatable bonds is 8. The summed E-state index contributed by atoms with van der Waals surface area (Å²) < 4.78 is 27.0. The Morgan fingerprint density at radius 2 is 1.79 bits per heavy atom. The van der Waals surface area contributed by atoms with Crippen molar-refractivity contribution in [2.75, 3.05) is 13.6 Å². The number of carboxylic acids is 1. The molecule has 1 atom stereocenters. The molecule has 0 aliphatic carbocycles. The summed E-state index contributed by atoms with van der Waals surface area (Å²) in [5.74, 6) is -9.78. The van der Waals surface area contributed by atoms with Crippen molar-refractivity contribution >= 4 is 23.6 Å². The van der Waals surface area contributed by atoms with Gasteiger partial charge in [-0.3, -0.25) is 14.4 Å². The van der Waals surface area contributed by atoms with Crippen molar-refractivity contribution in [3.8, 4) is 0 Å². The number of carbonyl (C=O) groups excluding carboxylic acids is 3. The van der Waals surface area contributed by atoms with Crippen LogP contribution in [0.3, 0.4) is 0 Å². The summed E-state index contributed by atoms with van der Waals surface area (Å²) >= 11 is 0. The van der Waals surface area contributed by atoms with E-state index in [1.54, 1.807) is 7.05 Å². The zero-order valence-electron chi connectivity index (χ0n) is 15.9. The van der Waals surface area contributed by atoms with Crippen molar-refractivity contribution in [2.45, 2.75) is 44.2 Å². The third-order valence-electron chi connectivity index (χ3n) is 4.69. The van der Waals surface area contributed by atoms with E-state index >= 15 is 0 Å². The predicted molar refractivity (Wildman–Crippen MR) is 98.1 cm³/mol. The Balaban J connectivity index is 0.00000420. The lowest BCUT2D eigenvalue weighted by Gasteiger charge is -2.26. The molecule has 0 saturated carbocycles. The number of alkyl halides is 2. The second-order valence-corrected chi connectivity index (χ2v) is 6.72. The molecule has 1 saturated heterocycles. The van der Waals surface area contributed by atoms with Crippen molar-refractivity contribution in [2.24, 2.45) is 0 Å². The number of hydrogen-bond acceptors (Lipinski definition) is 4. The predicted octanol–water partition coefficient (Wildman–Crippen LogP) is 0.880. The van der Waals surface area contributed by atoms with Gasteiger partial charge in [-0.15, -0.1) is 0 Å². The molecule has 2 rings (SSSR count). The fraction of sp³-hybridized carbons (Fsp3) is 0.474. The Bertz CT molecular complexity index is 756. The number of benzene rings is 1. The van der Waals surface area contributed by atoms with Gasteiger partial charge in [0.15, 0.2) is 0 Å². The van der Waals surface area contributed by atoms with Gasteiger partial charge in [0.2, 0.25) is 17.6 Å². The molecule has 0 radical (unpaired) electrons. The number of ketones is 1. The molecule has 0 bridgehead atoms.